The van der Waals surface area contributed by atoms with E-state index in [2.05, 4.69) is 15.6 Å². The molecule has 0 saturated carbocycles. The van der Waals surface area contributed by atoms with Crippen molar-refractivity contribution in [3.63, 3.8) is 0 Å². The molecule has 0 bridgehead atoms. The van der Waals surface area contributed by atoms with E-state index in [0.29, 0.717) is 40.7 Å². The number of aryl methyl sites for hydroxylation is 1. The van der Waals surface area contributed by atoms with E-state index >= 15 is 0 Å². The van der Waals surface area contributed by atoms with Crippen LogP contribution in [0.2, 0.25) is 0 Å². The highest BCUT2D eigenvalue weighted by Gasteiger charge is 2.18. The van der Waals surface area contributed by atoms with E-state index in [4.69, 9.17) is 14.2 Å². The van der Waals surface area contributed by atoms with E-state index in [1.165, 1.54) is 27.5 Å². The first-order valence-corrected chi connectivity index (χ1v) is 8.81. The molecule has 2 N–H and O–H groups in total. The van der Waals surface area contributed by atoms with E-state index < -0.39 is 0 Å². The minimum atomic E-state index is -0.355. The van der Waals surface area contributed by atoms with E-state index in [0.717, 1.165) is 12.0 Å². The second-order valence-corrected chi connectivity index (χ2v) is 6.05. The number of carbonyl (C=O) groups is 2. The first-order chi connectivity index (χ1) is 13.4. The molecule has 0 fully saturated rings. The predicted molar refractivity (Wildman–Crippen MR) is 107 cm³/mol. The summed E-state index contributed by atoms with van der Waals surface area (Å²) in [6, 6.07) is 4.84. The lowest BCUT2D eigenvalue weighted by Gasteiger charge is -2.15. The van der Waals surface area contributed by atoms with Crippen LogP contribution in [0, 0.1) is 6.92 Å². The quantitative estimate of drug-likeness (QED) is 0.720. The Balaban J connectivity index is 2.22. The van der Waals surface area contributed by atoms with E-state index in [1.807, 2.05) is 13.8 Å². The van der Waals surface area contributed by atoms with Gasteiger partial charge in [-0.1, -0.05) is 6.92 Å². The van der Waals surface area contributed by atoms with Crippen LogP contribution in [-0.4, -0.2) is 38.1 Å². The lowest BCUT2D eigenvalue weighted by atomic mass is 10.1. The number of aromatic nitrogens is 1. The molecule has 28 heavy (non-hydrogen) atoms. The summed E-state index contributed by atoms with van der Waals surface area (Å²) in [4.78, 5) is 28.6. The highest BCUT2D eigenvalue weighted by Crippen LogP contribution is 2.38. The Hall–Kier alpha value is -3.29. The first-order valence-electron chi connectivity index (χ1n) is 8.81. The largest absolute Gasteiger partial charge is 0.493 e. The molecule has 0 spiro atoms. The third-order valence-corrected chi connectivity index (χ3v) is 4.03. The Labute approximate surface area is 164 Å². The molecule has 2 aromatic rings. The molecule has 0 aliphatic rings. The van der Waals surface area contributed by atoms with Crippen LogP contribution in [-0.2, 0) is 4.79 Å². The molecule has 0 aliphatic carbocycles. The molecular formula is C20H25N3O5. The number of pyridine rings is 1. The third-order valence-electron chi connectivity index (χ3n) is 4.03. The van der Waals surface area contributed by atoms with Crippen molar-refractivity contribution in [2.24, 2.45) is 0 Å². The van der Waals surface area contributed by atoms with Crippen LogP contribution in [0.1, 0.15) is 35.7 Å². The monoisotopic (exact) mass is 387 g/mol. The number of benzene rings is 1. The molecule has 0 unspecified atom stereocenters. The van der Waals surface area contributed by atoms with Crippen molar-refractivity contribution in [1.29, 1.82) is 0 Å². The van der Waals surface area contributed by atoms with Crippen molar-refractivity contribution in [1.82, 2.24) is 4.98 Å². The molecule has 150 valence electrons. The van der Waals surface area contributed by atoms with Crippen molar-refractivity contribution in [2.75, 3.05) is 32.0 Å². The second-order valence-electron chi connectivity index (χ2n) is 6.05. The summed E-state index contributed by atoms with van der Waals surface area (Å²) in [5.41, 5.74) is 1.64. The van der Waals surface area contributed by atoms with Crippen LogP contribution in [0.5, 0.6) is 17.2 Å². The standard InChI is InChI=1S/C20H25N3O5/c1-6-7-18(24)23-17-8-12(2)14(11-21-17)22-20(25)13-9-15(26-3)19(28-5)16(10-13)27-4/h8-11H,6-7H2,1-5H3,(H,22,25)(H,21,23,24). The average molecular weight is 387 g/mol. The molecule has 2 rings (SSSR count). The lowest BCUT2D eigenvalue weighted by Crippen LogP contribution is -2.15. The molecular weight excluding hydrogens is 362 g/mol. The van der Waals surface area contributed by atoms with Gasteiger partial charge in [-0.2, -0.15) is 0 Å². The Morgan fingerprint density at radius 1 is 1.00 bits per heavy atom. The number of ether oxygens (including phenoxy) is 3. The first kappa shape index (κ1) is 21.0. The fourth-order valence-corrected chi connectivity index (χ4v) is 2.59. The van der Waals surface area contributed by atoms with E-state index in [1.54, 1.807) is 18.2 Å². The molecule has 0 saturated heterocycles. The van der Waals surface area contributed by atoms with Gasteiger partial charge in [-0.05, 0) is 37.1 Å². The highest BCUT2D eigenvalue weighted by molar-refractivity contribution is 6.05. The molecule has 0 radical (unpaired) electrons. The van der Waals surface area contributed by atoms with Gasteiger partial charge < -0.3 is 24.8 Å². The maximum Gasteiger partial charge on any atom is 0.255 e. The summed E-state index contributed by atoms with van der Waals surface area (Å²) in [5.74, 6) is 1.18. The number of methoxy groups -OCH3 is 3. The minimum Gasteiger partial charge on any atom is -0.493 e. The molecule has 8 nitrogen and oxygen atoms in total. The second kappa shape index (κ2) is 9.59. The number of carbonyl (C=O) groups excluding carboxylic acids is 2. The van der Waals surface area contributed by atoms with Crippen molar-refractivity contribution >= 4 is 23.3 Å². The molecule has 1 aromatic heterocycles. The zero-order valence-electron chi connectivity index (χ0n) is 16.7. The van der Waals surface area contributed by atoms with Crippen molar-refractivity contribution < 1.29 is 23.8 Å². The van der Waals surface area contributed by atoms with Gasteiger partial charge >= 0.3 is 0 Å². The number of hydrogen-bond donors (Lipinski definition) is 2. The van der Waals surface area contributed by atoms with Gasteiger partial charge in [-0.25, -0.2) is 4.98 Å². The van der Waals surface area contributed by atoms with Crippen LogP contribution in [0.25, 0.3) is 0 Å². The molecule has 0 aliphatic heterocycles. The number of anilines is 2. The Morgan fingerprint density at radius 2 is 1.64 bits per heavy atom. The topological polar surface area (TPSA) is 98.8 Å². The highest BCUT2D eigenvalue weighted by atomic mass is 16.5. The SMILES string of the molecule is CCCC(=O)Nc1cc(C)c(NC(=O)c2cc(OC)c(OC)c(OC)c2)cn1. The maximum atomic E-state index is 12.7. The number of nitrogens with zero attached hydrogens (tertiary/aromatic N) is 1. The van der Waals surface area contributed by atoms with Gasteiger partial charge in [-0.3, -0.25) is 9.59 Å². The molecule has 8 heteroatoms. The van der Waals surface area contributed by atoms with Crippen molar-refractivity contribution in [2.45, 2.75) is 26.7 Å². The molecule has 2 amide bonds. The fourth-order valence-electron chi connectivity index (χ4n) is 2.59. The van der Waals surface area contributed by atoms with E-state index in [-0.39, 0.29) is 11.8 Å². The van der Waals surface area contributed by atoms with Crippen molar-refractivity contribution in [3.8, 4) is 17.2 Å². The average Bonchev–Trinajstić information content (AvgIpc) is 2.68. The van der Waals surface area contributed by atoms with E-state index in [9.17, 15) is 9.59 Å². The maximum absolute atomic E-state index is 12.7. The smallest absolute Gasteiger partial charge is 0.255 e. The lowest BCUT2D eigenvalue weighted by molar-refractivity contribution is -0.116. The summed E-state index contributed by atoms with van der Waals surface area (Å²) in [5, 5.41) is 5.54. The van der Waals surface area contributed by atoms with Gasteiger partial charge in [0.05, 0.1) is 33.2 Å². The summed E-state index contributed by atoms with van der Waals surface area (Å²) in [7, 11) is 4.47. The van der Waals surface area contributed by atoms with Crippen LogP contribution in [0.15, 0.2) is 24.4 Å². The number of rotatable bonds is 8. The Morgan fingerprint density at radius 3 is 2.14 bits per heavy atom. The number of hydrogen-bond acceptors (Lipinski definition) is 6. The van der Waals surface area contributed by atoms with Crippen LogP contribution < -0.4 is 24.8 Å². The Kier molecular flexibility index (Phi) is 7.20. The zero-order valence-corrected chi connectivity index (χ0v) is 16.7. The Bertz CT molecular complexity index is 842. The normalized spacial score (nSPS) is 10.2. The summed E-state index contributed by atoms with van der Waals surface area (Å²) < 4.78 is 15.8. The fraction of sp³-hybridized carbons (Fsp3) is 0.350. The van der Waals surface area contributed by atoms with Gasteiger partial charge in [0.1, 0.15) is 5.82 Å². The van der Waals surface area contributed by atoms with Crippen LogP contribution in [0.4, 0.5) is 11.5 Å². The summed E-state index contributed by atoms with van der Waals surface area (Å²) in [6.45, 7) is 3.75. The number of amides is 2. The van der Waals surface area contributed by atoms with Crippen LogP contribution in [0.3, 0.4) is 0 Å². The molecule has 1 heterocycles. The van der Waals surface area contributed by atoms with Gasteiger partial charge in [-0.15, -0.1) is 0 Å². The minimum absolute atomic E-state index is 0.0939. The van der Waals surface area contributed by atoms with Gasteiger partial charge in [0.2, 0.25) is 11.7 Å². The van der Waals surface area contributed by atoms with Gasteiger partial charge in [0, 0.05) is 12.0 Å². The third kappa shape index (κ3) is 4.91. The van der Waals surface area contributed by atoms with Crippen molar-refractivity contribution in [3.05, 3.63) is 35.5 Å². The van der Waals surface area contributed by atoms with Crippen LogP contribution >= 0.6 is 0 Å². The van der Waals surface area contributed by atoms with Gasteiger partial charge in [0.15, 0.2) is 11.5 Å². The number of nitrogens with one attached hydrogen (secondary N) is 2. The predicted octanol–water partition coefficient (Wildman–Crippen LogP) is 3.41. The molecule has 1 aromatic carbocycles. The summed E-state index contributed by atoms with van der Waals surface area (Å²) >= 11 is 0. The van der Waals surface area contributed by atoms with Gasteiger partial charge in [0.25, 0.3) is 5.91 Å². The zero-order chi connectivity index (χ0) is 20.7. The molecule has 0 atom stereocenters. The summed E-state index contributed by atoms with van der Waals surface area (Å²) in [6.07, 6.45) is 2.70.